The van der Waals surface area contributed by atoms with Crippen molar-refractivity contribution in [3.8, 4) is 0 Å². The molecule has 4 atom stereocenters. The number of aromatic nitrogens is 2. The zero-order chi connectivity index (χ0) is 19.3. The second kappa shape index (κ2) is 6.44. The Morgan fingerprint density at radius 2 is 2.15 bits per heavy atom. The lowest BCUT2D eigenvalue weighted by molar-refractivity contribution is -0.143. The number of likely N-dealkylation sites (tertiary alicyclic amines) is 1. The fraction of sp³-hybridized carbons (Fsp3) is 0.684. The van der Waals surface area contributed by atoms with Crippen molar-refractivity contribution in [2.75, 3.05) is 13.6 Å². The lowest BCUT2D eigenvalue weighted by atomic mass is 9.76. The van der Waals surface area contributed by atoms with Crippen LogP contribution in [0.3, 0.4) is 0 Å². The van der Waals surface area contributed by atoms with Gasteiger partial charge in [-0.15, -0.1) is 10.2 Å². The molecule has 8 heteroatoms. The van der Waals surface area contributed by atoms with Crippen LogP contribution in [0.15, 0.2) is 16.6 Å². The van der Waals surface area contributed by atoms with E-state index in [1.807, 2.05) is 17.1 Å². The molecule has 27 heavy (non-hydrogen) atoms. The highest BCUT2D eigenvalue weighted by Gasteiger charge is 2.67. The number of hydrogen-bond donors (Lipinski definition) is 0. The van der Waals surface area contributed by atoms with E-state index in [4.69, 9.17) is 9.15 Å². The van der Waals surface area contributed by atoms with Gasteiger partial charge < -0.3 is 19.0 Å². The average molecular weight is 374 g/mol. The van der Waals surface area contributed by atoms with Crippen LogP contribution in [0, 0.1) is 18.8 Å². The van der Waals surface area contributed by atoms with Gasteiger partial charge in [0.05, 0.1) is 31.0 Å². The molecular formula is C19H26N4O4. The topological polar surface area (TPSA) is 88.8 Å². The Hall–Kier alpha value is -2.22. The quantitative estimate of drug-likeness (QED) is 0.698. The molecule has 4 rings (SSSR count). The second-order valence-corrected chi connectivity index (χ2v) is 7.75. The molecule has 1 spiro atoms. The molecule has 0 N–H and O–H groups in total. The summed E-state index contributed by atoms with van der Waals surface area (Å²) in [5.41, 5.74) is -0.660. The number of hydrogen-bond acceptors (Lipinski definition) is 6. The Labute approximate surface area is 158 Å². The highest BCUT2D eigenvalue weighted by Crippen LogP contribution is 2.52. The van der Waals surface area contributed by atoms with Crippen molar-refractivity contribution in [2.45, 2.75) is 57.9 Å². The van der Waals surface area contributed by atoms with Crippen LogP contribution in [0.25, 0.3) is 0 Å². The number of rotatable bonds is 6. The van der Waals surface area contributed by atoms with E-state index in [0.29, 0.717) is 18.3 Å². The van der Waals surface area contributed by atoms with Crippen molar-refractivity contribution in [3.05, 3.63) is 23.9 Å². The van der Waals surface area contributed by atoms with Gasteiger partial charge >= 0.3 is 0 Å². The van der Waals surface area contributed by atoms with Crippen molar-refractivity contribution >= 4 is 11.8 Å². The molecule has 0 aliphatic carbocycles. The molecule has 2 fully saturated rings. The van der Waals surface area contributed by atoms with Gasteiger partial charge in [-0.25, -0.2) is 0 Å². The summed E-state index contributed by atoms with van der Waals surface area (Å²) in [4.78, 5) is 29.9. The van der Waals surface area contributed by atoms with Crippen molar-refractivity contribution in [1.82, 2.24) is 20.0 Å². The largest absolute Gasteiger partial charge is 0.424 e. The van der Waals surface area contributed by atoms with Crippen molar-refractivity contribution < 1.29 is 18.7 Å². The number of ether oxygens (including phenoxy) is 1. The van der Waals surface area contributed by atoms with Crippen LogP contribution in [0.1, 0.15) is 38.5 Å². The number of nitrogens with zero attached hydrogens (tertiary/aromatic N) is 4. The van der Waals surface area contributed by atoms with Gasteiger partial charge in [0.2, 0.25) is 23.6 Å². The number of fused-ring (bicyclic) bond motifs is 1. The first kappa shape index (κ1) is 18.2. The van der Waals surface area contributed by atoms with Crippen molar-refractivity contribution in [1.29, 1.82) is 0 Å². The highest BCUT2D eigenvalue weighted by molar-refractivity contribution is 5.93. The lowest BCUT2D eigenvalue weighted by Crippen LogP contribution is -2.45. The van der Waals surface area contributed by atoms with E-state index in [1.54, 1.807) is 18.9 Å². The standard InChI is InChI=1S/C19H26N4O4/c1-5-12(6-2)23-10-19-8-7-13(27-19)15(16(19)18(23)25)17(24)22(4)9-14-21-20-11(3)26-14/h7-8,12-13,15-16H,5-6,9-10H2,1-4H3/t13-,15-,16-,19-/m0/s1. The highest BCUT2D eigenvalue weighted by atomic mass is 16.5. The normalized spacial score (nSPS) is 31.2. The fourth-order valence-electron chi connectivity index (χ4n) is 4.79. The first-order chi connectivity index (χ1) is 12.9. The minimum absolute atomic E-state index is 0.0379. The number of aryl methyl sites for hydroxylation is 1. The Morgan fingerprint density at radius 3 is 2.78 bits per heavy atom. The van der Waals surface area contributed by atoms with Crippen LogP contribution in [0.4, 0.5) is 0 Å². The molecule has 0 saturated carbocycles. The van der Waals surface area contributed by atoms with Crippen LogP contribution in [-0.4, -0.2) is 63.2 Å². The van der Waals surface area contributed by atoms with Gasteiger partial charge in [-0.3, -0.25) is 9.59 Å². The molecule has 4 heterocycles. The summed E-state index contributed by atoms with van der Waals surface area (Å²) in [6.45, 7) is 6.64. The second-order valence-electron chi connectivity index (χ2n) is 7.75. The van der Waals surface area contributed by atoms with Gasteiger partial charge in [-0.1, -0.05) is 26.0 Å². The van der Waals surface area contributed by atoms with Gasteiger partial charge in [-0.2, -0.15) is 0 Å². The summed E-state index contributed by atoms with van der Waals surface area (Å²) in [5.74, 6) is -0.192. The molecule has 0 aromatic carbocycles. The molecule has 2 amide bonds. The molecule has 1 aromatic rings. The Bertz CT molecular complexity index is 786. The molecule has 2 saturated heterocycles. The molecule has 2 bridgehead atoms. The predicted molar refractivity (Wildman–Crippen MR) is 95.3 cm³/mol. The Kier molecular flexibility index (Phi) is 4.33. The predicted octanol–water partition coefficient (Wildman–Crippen LogP) is 1.31. The molecule has 1 aromatic heterocycles. The molecule has 3 aliphatic heterocycles. The Morgan fingerprint density at radius 1 is 1.41 bits per heavy atom. The zero-order valence-electron chi connectivity index (χ0n) is 16.2. The number of carbonyl (C=O) groups excluding carboxylic acids is 2. The first-order valence-corrected chi connectivity index (χ1v) is 9.61. The van der Waals surface area contributed by atoms with Crippen molar-refractivity contribution in [2.24, 2.45) is 11.8 Å². The molecule has 8 nitrogen and oxygen atoms in total. The Balaban J connectivity index is 1.56. The summed E-state index contributed by atoms with van der Waals surface area (Å²) in [6, 6.07) is 0.184. The third kappa shape index (κ3) is 2.69. The van der Waals surface area contributed by atoms with Crippen LogP contribution in [-0.2, 0) is 20.9 Å². The number of amides is 2. The molecular weight excluding hydrogens is 348 g/mol. The third-order valence-electron chi connectivity index (χ3n) is 6.11. The van der Waals surface area contributed by atoms with Gasteiger partial charge in [-0.05, 0) is 12.8 Å². The van der Waals surface area contributed by atoms with E-state index in [9.17, 15) is 9.59 Å². The summed E-state index contributed by atoms with van der Waals surface area (Å²) in [6.07, 6.45) is 5.38. The maximum absolute atomic E-state index is 13.2. The average Bonchev–Trinajstić information content (AvgIpc) is 3.38. The van der Waals surface area contributed by atoms with Gasteiger partial charge in [0, 0.05) is 20.0 Å². The smallest absolute Gasteiger partial charge is 0.235 e. The van der Waals surface area contributed by atoms with E-state index >= 15 is 0 Å². The van der Waals surface area contributed by atoms with Crippen LogP contribution < -0.4 is 0 Å². The monoisotopic (exact) mass is 374 g/mol. The molecule has 0 unspecified atom stereocenters. The zero-order valence-corrected chi connectivity index (χ0v) is 16.2. The van der Waals surface area contributed by atoms with Gasteiger partial charge in [0.15, 0.2) is 0 Å². The number of carbonyl (C=O) groups is 2. The van der Waals surface area contributed by atoms with E-state index < -0.39 is 17.4 Å². The molecule has 146 valence electrons. The maximum Gasteiger partial charge on any atom is 0.235 e. The summed E-state index contributed by atoms with van der Waals surface area (Å²) < 4.78 is 11.6. The van der Waals surface area contributed by atoms with E-state index in [1.165, 1.54) is 0 Å². The van der Waals surface area contributed by atoms with E-state index in [0.717, 1.165) is 12.8 Å². The molecule has 0 radical (unpaired) electrons. The van der Waals surface area contributed by atoms with Crippen LogP contribution in [0.5, 0.6) is 0 Å². The minimum atomic E-state index is -0.660. The SMILES string of the molecule is CCC(CC)N1C[C@]23C=C[C@H](O2)[C@H](C(=O)N(C)Cc2nnc(C)o2)[C@H]3C1=O. The molecule has 3 aliphatic rings. The first-order valence-electron chi connectivity index (χ1n) is 9.61. The van der Waals surface area contributed by atoms with Crippen molar-refractivity contribution in [3.63, 3.8) is 0 Å². The van der Waals surface area contributed by atoms with Crippen LogP contribution in [0.2, 0.25) is 0 Å². The van der Waals surface area contributed by atoms with E-state index in [2.05, 4.69) is 24.0 Å². The summed E-state index contributed by atoms with van der Waals surface area (Å²) >= 11 is 0. The summed E-state index contributed by atoms with van der Waals surface area (Å²) in [5, 5.41) is 7.75. The maximum atomic E-state index is 13.2. The minimum Gasteiger partial charge on any atom is -0.424 e. The fourth-order valence-corrected chi connectivity index (χ4v) is 4.79. The third-order valence-corrected chi connectivity index (χ3v) is 6.11. The lowest BCUT2D eigenvalue weighted by Gasteiger charge is -2.29. The van der Waals surface area contributed by atoms with Gasteiger partial charge in [0.1, 0.15) is 5.60 Å². The van der Waals surface area contributed by atoms with Gasteiger partial charge in [0.25, 0.3) is 0 Å². The van der Waals surface area contributed by atoms with Crippen LogP contribution >= 0.6 is 0 Å². The summed E-state index contributed by atoms with van der Waals surface area (Å²) in [7, 11) is 1.70. The van der Waals surface area contributed by atoms with E-state index in [-0.39, 0.29) is 30.5 Å².